The summed E-state index contributed by atoms with van der Waals surface area (Å²) >= 11 is 0. The summed E-state index contributed by atoms with van der Waals surface area (Å²) in [6.07, 6.45) is 0.636. The Morgan fingerprint density at radius 1 is 1.43 bits per heavy atom. The maximum atomic E-state index is 11.5. The molecule has 4 nitrogen and oxygen atoms in total. The number of carbonyl (C=O) groups is 1. The molecule has 82 valence electrons. The van der Waals surface area contributed by atoms with Crippen molar-refractivity contribution >= 4 is 5.91 Å². The van der Waals surface area contributed by atoms with E-state index in [0.717, 1.165) is 6.42 Å². The summed E-state index contributed by atoms with van der Waals surface area (Å²) < 4.78 is 10.1. The minimum absolute atomic E-state index is 0.106. The minimum atomic E-state index is -0.368. The molecule has 0 aromatic carbocycles. The fraction of sp³-hybridized carbons (Fsp3) is 0.900. The lowest BCUT2D eigenvalue weighted by molar-refractivity contribution is -0.136. The van der Waals surface area contributed by atoms with Crippen LogP contribution in [-0.4, -0.2) is 32.5 Å². The highest BCUT2D eigenvalue weighted by Gasteiger charge is 2.39. The first-order valence-electron chi connectivity index (χ1n) is 4.96. The van der Waals surface area contributed by atoms with Gasteiger partial charge >= 0.3 is 0 Å². The Morgan fingerprint density at radius 3 is 2.29 bits per heavy atom. The van der Waals surface area contributed by atoms with Crippen molar-refractivity contribution in [2.24, 2.45) is 11.8 Å². The molecule has 0 bridgehead atoms. The number of ether oxygens (including phenoxy) is 2. The summed E-state index contributed by atoms with van der Waals surface area (Å²) in [4.78, 5) is 11.5. The van der Waals surface area contributed by atoms with E-state index in [9.17, 15) is 4.79 Å². The largest absolute Gasteiger partial charge is 0.354 e. The van der Waals surface area contributed by atoms with Crippen LogP contribution < -0.4 is 5.32 Å². The van der Waals surface area contributed by atoms with E-state index >= 15 is 0 Å². The summed E-state index contributed by atoms with van der Waals surface area (Å²) in [6, 6.07) is -0.106. The van der Waals surface area contributed by atoms with Crippen LogP contribution in [0.25, 0.3) is 0 Å². The summed E-state index contributed by atoms with van der Waals surface area (Å²) in [5, 5.41) is 2.89. The standard InChI is InChI=1S/C10H19NO3/c1-6-5-8(6)9(12)11-7(2)10(13-3)14-4/h6-8,10H,5H2,1-4H3,(H,11,12). The van der Waals surface area contributed by atoms with Gasteiger partial charge < -0.3 is 14.8 Å². The summed E-state index contributed by atoms with van der Waals surface area (Å²) in [7, 11) is 3.13. The SMILES string of the molecule is COC(OC)C(C)NC(=O)C1CC1C. The molecule has 1 aliphatic carbocycles. The van der Waals surface area contributed by atoms with Crippen LogP contribution in [0.4, 0.5) is 0 Å². The monoisotopic (exact) mass is 201 g/mol. The van der Waals surface area contributed by atoms with Crippen LogP contribution in [0.15, 0.2) is 0 Å². The van der Waals surface area contributed by atoms with E-state index < -0.39 is 0 Å². The molecule has 4 heteroatoms. The van der Waals surface area contributed by atoms with Crippen molar-refractivity contribution in [3.63, 3.8) is 0 Å². The number of hydrogen-bond acceptors (Lipinski definition) is 3. The van der Waals surface area contributed by atoms with Gasteiger partial charge in [-0.25, -0.2) is 0 Å². The van der Waals surface area contributed by atoms with Crippen LogP contribution in [0.3, 0.4) is 0 Å². The highest BCUT2D eigenvalue weighted by atomic mass is 16.7. The lowest BCUT2D eigenvalue weighted by Gasteiger charge is -2.22. The maximum Gasteiger partial charge on any atom is 0.223 e. The van der Waals surface area contributed by atoms with E-state index in [1.165, 1.54) is 0 Å². The van der Waals surface area contributed by atoms with Gasteiger partial charge in [0.2, 0.25) is 5.91 Å². The molecular weight excluding hydrogens is 182 g/mol. The molecule has 3 unspecified atom stereocenters. The summed E-state index contributed by atoms with van der Waals surface area (Å²) in [5.74, 6) is 0.849. The van der Waals surface area contributed by atoms with Gasteiger partial charge in [-0.05, 0) is 19.3 Å². The zero-order chi connectivity index (χ0) is 10.7. The molecule has 1 N–H and O–H groups in total. The molecular formula is C10H19NO3. The van der Waals surface area contributed by atoms with Crippen molar-refractivity contribution in [3.8, 4) is 0 Å². The fourth-order valence-electron chi connectivity index (χ4n) is 1.59. The molecule has 0 aromatic heterocycles. The zero-order valence-corrected chi connectivity index (χ0v) is 9.24. The molecule has 1 amide bonds. The van der Waals surface area contributed by atoms with Gasteiger partial charge in [-0.15, -0.1) is 0 Å². The molecule has 0 spiro atoms. The number of carbonyl (C=O) groups excluding carboxylic acids is 1. The molecule has 0 radical (unpaired) electrons. The van der Waals surface area contributed by atoms with Gasteiger partial charge in [0.25, 0.3) is 0 Å². The van der Waals surface area contributed by atoms with Crippen molar-refractivity contribution in [2.75, 3.05) is 14.2 Å². The van der Waals surface area contributed by atoms with Crippen LogP contribution in [0.2, 0.25) is 0 Å². The third kappa shape index (κ3) is 2.69. The average Bonchev–Trinajstić information content (AvgIpc) is 2.84. The predicted octanol–water partition coefficient (Wildman–Crippen LogP) is 0.766. The first-order chi connectivity index (χ1) is 6.60. The van der Waals surface area contributed by atoms with Crippen molar-refractivity contribution < 1.29 is 14.3 Å². The second-order valence-electron chi connectivity index (χ2n) is 3.96. The topological polar surface area (TPSA) is 47.6 Å². The normalized spacial score (nSPS) is 27.5. The van der Waals surface area contributed by atoms with E-state index in [4.69, 9.17) is 9.47 Å². The Hall–Kier alpha value is -0.610. The predicted molar refractivity (Wildman–Crippen MR) is 52.7 cm³/mol. The van der Waals surface area contributed by atoms with Crippen LogP contribution in [0.5, 0.6) is 0 Å². The molecule has 1 fully saturated rings. The first-order valence-corrected chi connectivity index (χ1v) is 4.96. The molecule has 0 aliphatic heterocycles. The van der Waals surface area contributed by atoms with E-state index in [-0.39, 0.29) is 24.2 Å². The molecule has 1 aliphatic rings. The smallest absolute Gasteiger partial charge is 0.223 e. The Labute approximate surface area is 85.0 Å². The molecule has 0 heterocycles. The van der Waals surface area contributed by atoms with Crippen molar-refractivity contribution in [3.05, 3.63) is 0 Å². The number of nitrogens with one attached hydrogen (secondary N) is 1. The van der Waals surface area contributed by atoms with Gasteiger partial charge in [0, 0.05) is 20.1 Å². The average molecular weight is 201 g/mol. The van der Waals surface area contributed by atoms with Gasteiger partial charge in [-0.1, -0.05) is 6.92 Å². The minimum Gasteiger partial charge on any atom is -0.354 e. The van der Waals surface area contributed by atoms with Crippen LogP contribution in [0, 0.1) is 11.8 Å². The van der Waals surface area contributed by atoms with Gasteiger partial charge in [0.15, 0.2) is 6.29 Å². The van der Waals surface area contributed by atoms with Crippen molar-refractivity contribution in [1.82, 2.24) is 5.32 Å². The molecule has 3 atom stereocenters. The van der Waals surface area contributed by atoms with Gasteiger partial charge in [-0.2, -0.15) is 0 Å². The Morgan fingerprint density at radius 2 is 1.93 bits per heavy atom. The lowest BCUT2D eigenvalue weighted by Crippen LogP contribution is -2.43. The zero-order valence-electron chi connectivity index (χ0n) is 9.24. The Bertz CT molecular complexity index is 204. The highest BCUT2D eigenvalue weighted by Crippen LogP contribution is 2.37. The molecule has 0 saturated heterocycles. The van der Waals surface area contributed by atoms with Gasteiger partial charge in [0.1, 0.15) is 0 Å². The second-order valence-corrected chi connectivity index (χ2v) is 3.96. The maximum absolute atomic E-state index is 11.5. The lowest BCUT2D eigenvalue weighted by atomic mass is 10.2. The number of rotatable bonds is 5. The summed E-state index contributed by atoms with van der Waals surface area (Å²) in [6.45, 7) is 3.96. The third-order valence-electron chi connectivity index (χ3n) is 2.69. The molecule has 1 saturated carbocycles. The van der Waals surface area contributed by atoms with E-state index in [1.807, 2.05) is 6.92 Å². The van der Waals surface area contributed by atoms with Crippen molar-refractivity contribution in [2.45, 2.75) is 32.6 Å². The van der Waals surface area contributed by atoms with E-state index in [0.29, 0.717) is 5.92 Å². The van der Waals surface area contributed by atoms with E-state index in [1.54, 1.807) is 14.2 Å². The molecule has 14 heavy (non-hydrogen) atoms. The Balaban J connectivity index is 2.31. The van der Waals surface area contributed by atoms with Gasteiger partial charge in [-0.3, -0.25) is 4.79 Å². The molecule has 1 rings (SSSR count). The van der Waals surface area contributed by atoms with Crippen molar-refractivity contribution in [1.29, 1.82) is 0 Å². The fourth-order valence-corrected chi connectivity index (χ4v) is 1.59. The van der Waals surface area contributed by atoms with Crippen LogP contribution >= 0.6 is 0 Å². The second kappa shape index (κ2) is 4.75. The third-order valence-corrected chi connectivity index (χ3v) is 2.69. The summed E-state index contributed by atoms with van der Waals surface area (Å²) in [5.41, 5.74) is 0. The Kier molecular flexibility index (Phi) is 3.89. The van der Waals surface area contributed by atoms with Gasteiger partial charge in [0.05, 0.1) is 6.04 Å². The van der Waals surface area contributed by atoms with Crippen LogP contribution in [-0.2, 0) is 14.3 Å². The number of hydrogen-bond donors (Lipinski definition) is 1. The quantitative estimate of drug-likeness (QED) is 0.668. The molecule has 0 aromatic rings. The van der Waals surface area contributed by atoms with Crippen LogP contribution in [0.1, 0.15) is 20.3 Å². The first kappa shape index (κ1) is 11.5. The number of methoxy groups -OCH3 is 2. The van der Waals surface area contributed by atoms with E-state index in [2.05, 4.69) is 12.2 Å². The number of amides is 1. The highest BCUT2D eigenvalue weighted by molar-refractivity contribution is 5.81.